The maximum absolute atomic E-state index is 12.6. The van der Waals surface area contributed by atoms with Crippen molar-refractivity contribution in [3.05, 3.63) is 81.4 Å². The number of carbonyl (C=O) groups is 3. The molecule has 0 saturated carbocycles. The standard InChI is InChI=1S/C19H14N2O7/c22-14(23)10-20-16(11-6-8-13(9-7-11)21(27)28)15(18(25)19(20)26)17(24)12-4-2-1-3-5-12/h1-9,16,24H,10H2,(H,22,23)/b17-15+/t16-/m1/s1. The quantitative estimate of drug-likeness (QED) is 0.265. The van der Waals surface area contributed by atoms with E-state index in [0.29, 0.717) is 0 Å². The number of hydrogen-bond acceptors (Lipinski definition) is 6. The number of non-ortho nitro benzene ring substituents is 1. The molecule has 1 aliphatic heterocycles. The van der Waals surface area contributed by atoms with Crippen LogP contribution in [-0.2, 0) is 14.4 Å². The highest BCUT2D eigenvalue weighted by Gasteiger charge is 2.46. The number of benzene rings is 2. The Morgan fingerprint density at radius 3 is 2.18 bits per heavy atom. The van der Waals surface area contributed by atoms with Crippen LogP contribution in [0.25, 0.3) is 5.76 Å². The minimum absolute atomic E-state index is 0.206. The van der Waals surface area contributed by atoms with E-state index in [1.54, 1.807) is 18.2 Å². The summed E-state index contributed by atoms with van der Waals surface area (Å²) in [7, 11) is 0. The number of aliphatic carboxylic acids is 1. The van der Waals surface area contributed by atoms with Crippen molar-refractivity contribution < 1.29 is 29.5 Å². The summed E-state index contributed by atoms with van der Waals surface area (Å²) in [6, 6.07) is 11.8. The summed E-state index contributed by atoms with van der Waals surface area (Å²) in [5, 5.41) is 30.7. The Kier molecular flexibility index (Phi) is 4.90. The van der Waals surface area contributed by atoms with E-state index in [1.165, 1.54) is 36.4 Å². The summed E-state index contributed by atoms with van der Waals surface area (Å²) in [5.41, 5.74) is 0.0690. The van der Waals surface area contributed by atoms with Crippen molar-refractivity contribution in [3.8, 4) is 0 Å². The second-order valence-corrected chi connectivity index (χ2v) is 6.04. The Hall–Kier alpha value is -4.01. The van der Waals surface area contributed by atoms with Crippen LogP contribution in [0.15, 0.2) is 60.2 Å². The molecule has 1 heterocycles. The van der Waals surface area contributed by atoms with E-state index in [2.05, 4.69) is 0 Å². The van der Waals surface area contributed by atoms with Crippen molar-refractivity contribution in [2.75, 3.05) is 6.54 Å². The molecule has 1 saturated heterocycles. The Labute approximate surface area is 158 Å². The molecule has 28 heavy (non-hydrogen) atoms. The lowest BCUT2D eigenvalue weighted by Crippen LogP contribution is -2.34. The number of nitro groups is 1. The number of Topliss-reactive ketones (excluding diaryl/α,β-unsaturated/α-hetero) is 1. The number of ketones is 1. The smallest absolute Gasteiger partial charge is 0.323 e. The highest BCUT2D eigenvalue weighted by molar-refractivity contribution is 6.46. The molecule has 0 unspecified atom stereocenters. The molecule has 9 heteroatoms. The molecule has 1 fully saturated rings. The molecule has 0 aliphatic carbocycles. The van der Waals surface area contributed by atoms with Gasteiger partial charge in [-0.3, -0.25) is 24.5 Å². The van der Waals surface area contributed by atoms with E-state index in [9.17, 15) is 29.6 Å². The molecule has 0 spiro atoms. The van der Waals surface area contributed by atoms with E-state index in [4.69, 9.17) is 5.11 Å². The number of nitrogens with zero attached hydrogens (tertiary/aromatic N) is 2. The van der Waals surface area contributed by atoms with Gasteiger partial charge in [0.2, 0.25) is 0 Å². The number of rotatable bonds is 5. The number of carbonyl (C=O) groups excluding carboxylic acids is 2. The van der Waals surface area contributed by atoms with Crippen molar-refractivity contribution in [1.82, 2.24) is 4.90 Å². The Morgan fingerprint density at radius 1 is 1.04 bits per heavy atom. The van der Waals surface area contributed by atoms with Gasteiger partial charge in [-0.15, -0.1) is 0 Å². The van der Waals surface area contributed by atoms with Gasteiger partial charge in [-0.25, -0.2) is 0 Å². The van der Waals surface area contributed by atoms with Crippen LogP contribution in [0, 0.1) is 10.1 Å². The monoisotopic (exact) mass is 382 g/mol. The molecule has 1 aliphatic rings. The zero-order valence-corrected chi connectivity index (χ0v) is 14.3. The van der Waals surface area contributed by atoms with Gasteiger partial charge in [0.1, 0.15) is 12.3 Å². The van der Waals surface area contributed by atoms with Gasteiger partial charge in [-0.05, 0) is 17.7 Å². The maximum Gasteiger partial charge on any atom is 0.323 e. The predicted molar refractivity (Wildman–Crippen MR) is 96.2 cm³/mol. The van der Waals surface area contributed by atoms with Gasteiger partial charge >= 0.3 is 5.97 Å². The van der Waals surface area contributed by atoms with Crippen molar-refractivity contribution in [3.63, 3.8) is 0 Å². The predicted octanol–water partition coefficient (Wildman–Crippen LogP) is 2.10. The third-order valence-corrected chi connectivity index (χ3v) is 4.31. The molecular formula is C19H14N2O7. The first-order chi connectivity index (χ1) is 13.3. The fraction of sp³-hybridized carbons (Fsp3) is 0.105. The molecule has 2 N–H and O–H groups in total. The van der Waals surface area contributed by atoms with Gasteiger partial charge in [-0.2, -0.15) is 0 Å². The lowest BCUT2D eigenvalue weighted by molar-refractivity contribution is -0.384. The van der Waals surface area contributed by atoms with E-state index < -0.39 is 40.9 Å². The first-order valence-corrected chi connectivity index (χ1v) is 8.11. The van der Waals surface area contributed by atoms with Crippen LogP contribution in [0.2, 0.25) is 0 Å². The molecule has 2 aromatic carbocycles. The first-order valence-electron chi connectivity index (χ1n) is 8.11. The molecule has 0 bridgehead atoms. The number of hydrogen-bond donors (Lipinski definition) is 2. The third-order valence-electron chi connectivity index (χ3n) is 4.31. The highest BCUT2D eigenvalue weighted by Crippen LogP contribution is 2.39. The van der Waals surface area contributed by atoms with Crippen LogP contribution >= 0.6 is 0 Å². The molecule has 1 atom stereocenters. The van der Waals surface area contributed by atoms with E-state index in [1.807, 2.05) is 0 Å². The topological polar surface area (TPSA) is 138 Å². The van der Waals surface area contributed by atoms with Crippen molar-refractivity contribution in [1.29, 1.82) is 0 Å². The van der Waals surface area contributed by atoms with Gasteiger partial charge in [0.25, 0.3) is 17.4 Å². The van der Waals surface area contributed by atoms with Crippen LogP contribution < -0.4 is 0 Å². The van der Waals surface area contributed by atoms with Gasteiger partial charge in [-0.1, -0.05) is 30.3 Å². The van der Waals surface area contributed by atoms with Crippen LogP contribution in [0.4, 0.5) is 5.69 Å². The molecule has 2 aromatic rings. The number of nitro benzene ring substituents is 1. The zero-order chi connectivity index (χ0) is 20.4. The number of carboxylic acids is 1. The summed E-state index contributed by atoms with van der Waals surface area (Å²) >= 11 is 0. The van der Waals surface area contributed by atoms with Crippen LogP contribution in [0.5, 0.6) is 0 Å². The molecule has 1 amide bonds. The Bertz CT molecular complexity index is 997. The van der Waals surface area contributed by atoms with Crippen molar-refractivity contribution in [2.24, 2.45) is 0 Å². The highest BCUT2D eigenvalue weighted by atomic mass is 16.6. The molecule has 142 valence electrons. The van der Waals surface area contributed by atoms with Gasteiger partial charge < -0.3 is 15.1 Å². The lowest BCUT2D eigenvalue weighted by Gasteiger charge is -2.23. The average molecular weight is 382 g/mol. The second-order valence-electron chi connectivity index (χ2n) is 6.04. The zero-order valence-electron chi connectivity index (χ0n) is 14.3. The van der Waals surface area contributed by atoms with Gasteiger partial charge in [0.05, 0.1) is 16.5 Å². The van der Waals surface area contributed by atoms with Crippen LogP contribution in [0.1, 0.15) is 17.2 Å². The Balaban J connectivity index is 2.18. The van der Waals surface area contributed by atoms with Crippen LogP contribution in [0.3, 0.4) is 0 Å². The van der Waals surface area contributed by atoms with Crippen molar-refractivity contribution >= 4 is 29.1 Å². The van der Waals surface area contributed by atoms with E-state index >= 15 is 0 Å². The average Bonchev–Trinajstić information content (AvgIpc) is 2.92. The van der Waals surface area contributed by atoms with E-state index in [0.717, 1.165) is 4.90 Å². The minimum Gasteiger partial charge on any atom is -0.507 e. The van der Waals surface area contributed by atoms with Gasteiger partial charge in [0, 0.05) is 17.7 Å². The second kappa shape index (κ2) is 7.31. The van der Waals surface area contributed by atoms with Crippen LogP contribution in [-0.4, -0.2) is 44.2 Å². The number of carboxylic acid groups (broad SMARTS) is 1. The molecular weight excluding hydrogens is 368 g/mol. The summed E-state index contributed by atoms with van der Waals surface area (Å²) in [6.07, 6.45) is 0. The maximum atomic E-state index is 12.6. The molecule has 3 rings (SSSR count). The van der Waals surface area contributed by atoms with Gasteiger partial charge in [0.15, 0.2) is 0 Å². The first kappa shape index (κ1) is 18.8. The fourth-order valence-electron chi connectivity index (χ4n) is 3.07. The number of aliphatic hydroxyl groups excluding tert-OH is 1. The number of likely N-dealkylation sites (tertiary alicyclic amines) is 1. The minimum atomic E-state index is -1.34. The largest absolute Gasteiger partial charge is 0.507 e. The normalized spacial score (nSPS) is 18.3. The number of amides is 1. The fourth-order valence-corrected chi connectivity index (χ4v) is 3.07. The van der Waals surface area contributed by atoms with Crippen molar-refractivity contribution in [2.45, 2.75) is 6.04 Å². The summed E-state index contributed by atoms with van der Waals surface area (Å²) in [4.78, 5) is 47.2. The molecule has 0 radical (unpaired) electrons. The molecule has 0 aromatic heterocycles. The summed E-state index contributed by atoms with van der Waals surface area (Å²) < 4.78 is 0. The number of aliphatic hydroxyl groups is 1. The Morgan fingerprint density at radius 2 is 1.64 bits per heavy atom. The summed E-state index contributed by atoms with van der Waals surface area (Å²) in [6.45, 7) is -0.766. The third kappa shape index (κ3) is 3.32. The summed E-state index contributed by atoms with van der Waals surface area (Å²) in [5.74, 6) is -3.88. The lowest BCUT2D eigenvalue weighted by atomic mass is 9.95. The SMILES string of the molecule is O=C(O)CN1C(=O)C(=O)/C(=C(/O)c2ccccc2)[C@H]1c1ccc([N+](=O)[O-])cc1. The van der Waals surface area contributed by atoms with E-state index in [-0.39, 0.29) is 22.4 Å². The molecule has 9 nitrogen and oxygen atoms in total.